The van der Waals surface area contributed by atoms with Crippen molar-refractivity contribution in [3.63, 3.8) is 0 Å². The van der Waals surface area contributed by atoms with E-state index in [9.17, 15) is 17.9 Å². The lowest BCUT2D eigenvalue weighted by Crippen LogP contribution is -2.29. The Morgan fingerprint density at radius 2 is 2.23 bits per heavy atom. The van der Waals surface area contributed by atoms with Gasteiger partial charge >= 0.3 is 0 Å². The van der Waals surface area contributed by atoms with E-state index in [4.69, 9.17) is 11.6 Å². The van der Waals surface area contributed by atoms with E-state index in [1.54, 1.807) is 13.2 Å². The molecule has 9 heteroatoms. The SMILES string of the molecule is Cn1cc([C@@H](O)CNS(=O)(=O)Cc2ccc(F)c(Cl)c2)cn1. The molecule has 2 N–H and O–H groups in total. The predicted octanol–water partition coefficient (Wildman–Crippen LogP) is 1.37. The van der Waals surface area contributed by atoms with Crippen molar-refractivity contribution in [2.45, 2.75) is 11.9 Å². The minimum absolute atomic E-state index is 0.136. The molecule has 120 valence electrons. The number of sulfonamides is 1. The third kappa shape index (κ3) is 4.51. The lowest BCUT2D eigenvalue weighted by molar-refractivity contribution is 0.182. The highest BCUT2D eigenvalue weighted by Crippen LogP contribution is 2.17. The number of hydrogen-bond acceptors (Lipinski definition) is 4. The number of aromatic nitrogens is 2. The molecule has 0 unspecified atom stereocenters. The Labute approximate surface area is 132 Å². The summed E-state index contributed by atoms with van der Waals surface area (Å²) in [5.74, 6) is -0.963. The smallest absolute Gasteiger partial charge is 0.215 e. The van der Waals surface area contributed by atoms with Crippen LogP contribution in [0.3, 0.4) is 0 Å². The van der Waals surface area contributed by atoms with Gasteiger partial charge in [-0.1, -0.05) is 17.7 Å². The van der Waals surface area contributed by atoms with Crippen LogP contribution in [-0.2, 0) is 22.8 Å². The van der Waals surface area contributed by atoms with Crippen LogP contribution in [0.5, 0.6) is 0 Å². The summed E-state index contributed by atoms with van der Waals surface area (Å²) >= 11 is 5.61. The van der Waals surface area contributed by atoms with Crippen LogP contribution in [-0.4, -0.2) is 29.8 Å². The van der Waals surface area contributed by atoms with Gasteiger partial charge in [0.1, 0.15) is 5.82 Å². The highest BCUT2D eigenvalue weighted by Gasteiger charge is 2.16. The molecule has 0 radical (unpaired) electrons. The molecule has 0 saturated carbocycles. The van der Waals surface area contributed by atoms with E-state index in [0.717, 1.165) is 6.07 Å². The molecule has 22 heavy (non-hydrogen) atoms. The fourth-order valence-corrected chi connectivity index (χ4v) is 3.17. The van der Waals surface area contributed by atoms with Crippen molar-refractivity contribution in [1.29, 1.82) is 0 Å². The van der Waals surface area contributed by atoms with Gasteiger partial charge in [0.2, 0.25) is 10.0 Å². The molecule has 2 rings (SSSR count). The van der Waals surface area contributed by atoms with Crippen molar-refractivity contribution in [3.05, 3.63) is 52.6 Å². The molecular formula is C13H15ClFN3O3S. The van der Waals surface area contributed by atoms with Crippen LogP contribution in [0.4, 0.5) is 4.39 Å². The first kappa shape index (κ1) is 16.9. The van der Waals surface area contributed by atoms with Crippen LogP contribution >= 0.6 is 11.6 Å². The largest absolute Gasteiger partial charge is 0.387 e. The molecule has 2 aromatic rings. The molecule has 0 spiro atoms. The molecule has 1 atom stereocenters. The monoisotopic (exact) mass is 347 g/mol. The van der Waals surface area contributed by atoms with Gasteiger partial charge in [0.25, 0.3) is 0 Å². The first-order chi connectivity index (χ1) is 10.3. The van der Waals surface area contributed by atoms with E-state index >= 15 is 0 Å². The highest BCUT2D eigenvalue weighted by atomic mass is 35.5. The topological polar surface area (TPSA) is 84.2 Å². The number of nitrogens with zero attached hydrogens (tertiary/aromatic N) is 2. The summed E-state index contributed by atoms with van der Waals surface area (Å²) in [5.41, 5.74) is 0.866. The maximum absolute atomic E-state index is 13.0. The molecule has 0 fully saturated rings. The van der Waals surface area contributed by atoms with Gasteiger partial charge in [0, 0.05) is 25.4 Å². The maximum atomic E-state index is 13.0. The number of aryl methyl sites for hydroxylation is 1. The summed E-state index contributed by atoms with van der Waals surface area (Å²) in [4.78, 5) is 0. The normalized spacial score (nSPS) is 13.3. The second-order valence-corrected chi connectivity index (χ2v) is 7.03. The van der Waals surface area contributed by atoms with Crippen LogP contribution in [0.25, 0.3) is 0 Å². The molecule has 0 bridgehead atoms. The Morgan fingerprint density at radius 3 is 2.82 bits per heavy atom. The number of rotatable bonds is 6. The zero-order chi connectivity index (χ0) is 16.3. The van der Waals surface area contributed by atoms with Gasteiger partial charge < -0.3 is 5.11 Å². The summed E-state index contributed by atoms with van der Waals surface area (Å²) in [6.45, 7) is -0.178. The Kier molecular flexibility index (Phi) is 5.17. The van der Waals surface area contributed by atoms with Gasteiger partial charge in [-0.05, 0) is 17.7 Å². The molecule has 0 saturated heterocycles. The third-order valence-corrected chi connectivity index (χ3v) is 4.56. The van der Waals surface area contributed by atoms with Gasteiger partial charge in [-0.15, -0.1) is 0 Å². The third-order valence-electron chi connectivity index (χ3n) is 2.95. The van der Waals surface area contributed by atoms with E-state index in [0.29, 0.717) is 11.1 Å². The molecule has 0 amide bonds. The quantitative estimate of drug-likeness (QED) is 0.826. The number of aliphatic hydroxyl groups is 1. The van der Waals surface area contributed by atoms with E-state index < -0.39 is 21.9 Å². The van der Waals surface area contributed by atoms with E-state index in [2.05, 4.69) is 9.82 Å². The number of aliphatic hydroxyl groups excluding tert-OH is 1. The lowest BCUT2D eigenvalue weighted by atomic mass is 10.2. The summed E-state index contributed by atoms with van der Waals surface area (Å²) in [6.07, 6.45) is 2.05. The van der Waals surface area contributed by atoms with Crippen molar-refractivity contribution < 1.29 is 17.9 Å². The summed E-state index contributed by atoms with van der Waals surface area (Å²) in [7, 11) is -1.99. The van der Waals surface area contributed by atoms with Crippen molar-refractivity contribution in [3.8, 4) is 0 Å². The Balaban J connectivity index is 1.97. The minimum atomic E-state index is -3.68. The van der Waals surface area contributed by atoms with Crippen LogP contribution in [0, 0.1) is 5.82 Å². The highest BCUT2D eigenvalue weighted by molar-refractivity contribution is 7.88. The van der Waals surface area contributed by atoms with E-state index in [1.807, 2.05) is 0 Å². The van der Waals surface area contributed by atoms with Gasteiger partial charge in [-0.25, -0.2) is 17.5 Å². The number of nitrogens with one attached hydrogen (secondary N) is 1. The zero-order valence-electron chi connectivity index (χ0n) is 11.7. The first-order valence-electron chi connectivity index (χ1n) is 6.35. The van der Waals surface area contributed by atoms with Crippen molar-refractivity contribution in [1.82, 2.24) is 14.5 Å². The second kappa shape index (κ2) is 6.74. The first-order valence-corrected chi connectivity index (χ1v) is 8.38. The van der Waals surface area contributed by atoms with Gasteiger partial charge in [0.05, 0.1) is 23.1 Å². The fourth-order valence-electron chi connectivity index (χ4n) is 1.84. The van der Waals surface area contributed by atoms with Crippen LogP contribution in [0.2, 0.25) is 5.02 Å². The van der Waals surface area contributed by atoms with Crippen LogP contribution in [0.15, 0.2) is 30.6 Å². The summed E-state index contributed by atoms with van der Waals surface area (Å²) in [6, 6.07) is 3.71. The van der Waals surface area contributed by atoms with Crippen molar-refractivity contribution >= 4 is 21.6 Å². The zero-order valence-corrected chi connectivity index (χ0v) is 13.3. The molecule has 1 aromatic heterocycles. The van der Waals surface area contributed by atoms with E-state index in [1.165, 1.54) is 23.0 Å². The molecule has 1 aromatic carbocycles. The average Bonchev–Trinajstić information content (AvgIpc) is 2.87. The Bertz CT molecular complexity index is 764. The lowest BCUT2D eigenvalue weighted by Gasteiger charge is -2.11. The molecule has 0 aliphatic rings. The van der Waals surface area contributed by atoms with Crippen molar-refractivity contribution in [2.24, 2.45) is 7.05 Å². The molecule has 0 aliphatic heterocycles. The number of hydrogen-bond donors (Lipinski definition) is 2. The van der Waals surface area contributed by atoms with Gasteiger partial charge in [-0.2, -0.15) is 5.10 Å². The Morgan fingerprint density at radius 1 is 1.50 bits per heavy atom. The number of benzene rings is 1. The Hall–Kier alpha value is -1.48. The minimum Gasteiger partial charge on any atom is -0.387 e. The van der Waals surface area contributed by atoms with Gasteiger partial charge in [-0.3, -0.25) is 4.68 Å². The van der Waals surface area contributed by atoms with Crippen molar-refractivity contribution in [2.75, 3.05) is 6.54 Å². The summed E-state index contributed by atoms with van der Waals surface area (Å²) < 4.78 is 40.8. The van der Waals surface area contributed by atoms with Crippen LogP contribution < -0.4 is 4.72 Å². The van der Waals surface area contributed by atoms with Crippen LogP contribution in [0.1, 0.15) is 17.2 Å². The summed E-state index contributed by atoms with van der Waals surface area (Å²) in [5, 5.41) is 13.7. The molecule has 6 nitrogen and oxygen atoms in total. The number of halogens is 2. The second-order valence-electron chi connectivity index (χ2n) is 4.82. The molecule has 1 heterocycles. The maximum Gasteiger partial charge on any atom is 0.215 e. The average molecular weight is 348 g/mol. The fraction of sp³-hybridized carbons (Fsp3) is 0.308. The van der Waals surface area contributed by atoms with E-state index in [-0.39, 0.29) is 17.3 Å². The molecular weight excluding hydrogens is 333 g/mol. The predicted molar refractivity (Wildman–Crippen MR) is 80.2 cm³/mol. The van der Waals surface area contributed by atoms with Gasteiger partial charge in [0.15, 0.2) is 0 Å². The standard InChI is InChI=1S/C13H15ClFN3O3S/c1-18-7-10(5-16-18)13(19)6-17-22(20,21)8-9-2-3-12(15)11(14)4-9/h2-5,7,13,17,19H,6,8H2,1H3/t13-/m0/s1. The molecule has 0 aliphatic carbocycles.